The minimum Gasteiger partial charge on any atom is -0.494 e. The average Bonchev–Trinajstić information content (AvgIpc) is 2.78. The summed E-state index contributed by atoms with van der Waals surface area (Å²) in [4.78, 5) is 17.7. The third-order valence-corrected chi connectivity index (χ3v) is 4.69. The van der Waals surface area contributed by atoms with Crippen molar-refractivity contribution in [3.63, 3.8) is 0 Å². The summed E-state index contributed by atoms with van der Waals surface area (Å²) in [6.45, 7) is 2.73. The molecule has 0 atom stereocenters. The maximum Gasteiger partial charge on any atom is 0.256 e. The summed E-state index contributed by atoms with van der Waals surface area (Å²) in [5.41, 5.74) is 3.35. The number of benzene rings is 3. The van der Waals surface area contributed by atoms with Gasteiger partial charge in [-0.25, -0.2) is 9.37 Å². The van der Waals surface area contributed by atoms with E-state index < -0.39 is 0 Å². The van der Waals surface area contributed by atoms with Gasteiger partial charge < -0.3 is 10.1 Å². The topological polar surface area (TPSA) is 51.2 Å². The zero-order valence-corrected chi connectivity index (χ0v) is 16.6. The molecule has 150 valence electrons. The number of carbonyl (C=O) groups is 1. The van der Waals surface area contributed by atoms with Gasteiger partial charge in [-0.1, -0.05) is 25.1 Å². The van der Waals surface area contributed by atoms with Crippen LogP contribution in [0.25, 0.3) is 22.2 Å². The second kappa shape index (κ2) is 8.74. The standard InChI is InChI=1S/C25H21FN2O2/c1-2-15-30-20-13-7-17(8-14-20)24-16-22(21-5-3-4-6-23(21)28-24)25(29)27-19-11-9-18(26)10-12-19/h3-14,16H,2,15H2,1H3,(H,27,29). The second-order valence-electron chi connectivity index (χ2n) is 6.91. The smallest absolute Gasteiger partial charge is 0.256 e. The van der Waals surface area contributed by atoms with Crippen molar-refractivity contribution in [2.45, 2.75) is 13.3 Å². The molecule has 0 bridgehead atoms. The van der Waals surface area contributed by atoms with Crippen LogP contribution in [0.15, 0.2) is 78.9 Å². The van der Waals surface area contributed by atoms with Crippen LogP contribution in [0.3, 0.4) is 0 Å². The number of ether oxygens (including phenoxy) is 1. The lowest BCUT2D eigenvalue weighted by Crippen LogP contribution is -2.13. The fourth-order valence-corrected chi connectivity index (χ4v) is 3.18. The largest absolute Gasteiger partial charge is 0.494 e. The molecule has 0 aliphatic carbocycles. The fourth-order valence-electron chi connectivity index (χ4n) is 3.18. The SMILES string of the molecule is CCCOc1ccc(-c2cc(C(=O)Nc3ccc(F)cc3)c3ccccc3n2)cc1. The van der Waals surface area contributed by atoms with Crippen molar-refractivity contribution in [1.29, 1.82) is 0 Å². The molecule has 1 amide bonds. The van der Waals surface area contributed by atoms with Gasteiger partial charge in [0.15, 0.2) is 0 Å². The maximum absolute atomic E-state index is 13.2. The van der Waals surface area contributed by atoms with Gasteiger partial charge in [0.1, 0.15) is 11.6 Å². The highest BCUT2D eigenvalue weighted by molar-refractivity contribution is 6.13. The van der Waals surface area contributed by atoms with Crippen LogP contribution in [0, 0.1) is 5.82 Å². The van der Waals surface area contributed by atoms with E-state index in [1.807, 2.05) is 48.5 Å². The Morgan fingerprint density at radius 1 is 1.00 bits per heavy atom. The number of pyridine rings is 1. The van der Waals surface area contributed by atoms with Crippen LogP contribution in [0.1, 0.15) is 23.7 Å². The van der Waals surface area contributed by atoms with Gasteiger partial charge in [-0.05, 0) is 67.1 Å². The van der Waals surface area contributed by atoms with Crippen molar-refractivity contribution in [2.75, 3.05) is 11.9 Å². The van der Waals surface area contributed by atoms with Crippen LogP contribution in [0.2, 0.25) is 0 Å². The van der Waals surface area contributed by atoms with Gasteiger partial charge >= 0.3 is 0 Å². The Morgan fingerprint density at radius 2 is 1.73 bits per heavy atom. The molecule has 0 aliphatic heterocycles. The Kier molecular flexibility index (Phi) is 5.70. The van der Waals surface area contributed by atoms with E-state index in [0.717, 1.165) is 28.6 Å². The van der Waals surface area contributed by atoms with Gasteiger partial charge in [-0.3, -0.25) is 4.79 Å². The number of rotatable bonds is 6. The van der Waals surface area contributed by atoms with Crippen molar-refractivity contribution < 1.29 is 13.9 Å². The molecule has 0 saturated heterocycles. The average molecular weight is 400 g/mol. The van der Waals surface area contributed by atoms with Crippen LogP contribution in [-0.2, 0) is 0 Å². The molecule has 0 spiro atoms. The highest BCUT2D eigenvalue weighted by Gasteiger charge is 2.14. The predicted molar refractivity (Wildman–Crippen MR) is 117 cm³/mol. The summed E-state index contributed by atoms with van der Waals surface area (Å²) >= 11 is 0. The summed E-state index contributed by atoms with van der Waals surface area (Å²) in [5.74, 6) is 0.177. The zero-order chi connectivity index (χ0) is 20.9. The molecule has 0 aliphatic rings. The number of amides is 1. The van der Waals surface area contributed by atoms with Crippen LogP contribution >= 0.6 is 0 Å². The summed E-state index contributed by atoms with van der Waals surface area (Å²) in [6, 6.07) is 22.7. The van der Waals surface area contributed by atoms with E-state index in [1.54, 1.807) is 6.07 Å². The Hall–Kier alpha value is -3.73. The third-order valence-electron chi connectivity index (χ3n) is 4.69. The summed E-state index contributed by atoms with van der Waals surface area (Å²) in [7, 11) is 0. The molecule has 0 fully saturated rings. The van der Waals surface area contributed by atoms with Gasteiger partial charge in [-0.15, -0.1) is 0 Å². The highest BCUT2D eigenvalue weighted by Crippen LogP contribution is 2.27. The molecule has 30 heavy (non-hydrogen) atoms. The Bertz CT molecular complexity index is 1170. The van der Waals surface area contributed by atoms with Gasteiger partial charge in [0, 0.05) is 16.6 Å². The number of aromatic nitrogens is 1. The van der Waals surface area contributed by atoms with Crippen LogP contribution in [0.5, 0.6) is 5.75 Å². The molecule has 4 aromatic rings. The number of anilines is 1. The minimum atomic E-state index is -0.351. The number of halogens is 1. The molecular formula is C25H21FN2O2. The molecule has 4 rings (SSSR count). The van der Waals surface area contributed by atoms with Crippen LogP contribution in [0.4, 0.5) is 10.1 Å². The fraction of sp³-hybridized carbons (Fsp3) is 0.120. The van der Waals surface area contributed by atoms with E-state index in [0.29, 0.717) is 23.6 Å². The number of hydrogen-bond acceptors (Lipinski definition) is 3. The van der Waals surface area contributed by atoms with Crippen molar-refractivity contribution in [1.82, 2.24) is 4.98 Å². The molecule has 4 nitrogen and oxygen atoms in total. The minimum absolute atomic E-state index is 0.274. The van der Waals surface area contributed by atoms with E-state index in [-0.39, 0.29) is 11.7 Å². The number of para-hydroxylation sites is 1. The van der Waals surface area contributed by atoms with Gasteiger partial charge in [-0.2, -0.15) is 0 Å². The maximum atomic E-state index is 13.2. The third kappa shape index (κ3) is 4.30. The van der Waals surface area contributed by atoms with Gasteiger partial charge in [0.2, 0.25) is 0 Å². The first kappa shape index (κ1) is 19.6. The van der Waals surface area contributed by atoms with Gasteiger partial charge in [0.05, 0.1) is 23.4 Å². The summed E-state index contributed by atoms with van der Waals surface area (Å²) < 4.78 is 18.8. The normalized spacial score (nSPS) is 10.7. The first-order valence-corrected chi connectivity index (χ1v) is 9.84. The van der Waals surface area contributed by atoms with Crippen molar-refractivity contribution in [3.05, 3.63) is 90.2 Å². The Balaban J connectivity index is 1.70. The molecule has 1 N–H and O–H groups in total. The second-order valence-corrected chi connectivity index (χ2v) is 6.91. The van der Waals surface area contributed by atoms with Crippen molar-refractivity contribution >= 4 is 22.5 Å². The first-order valence-electron chi connectivity index (χ1n) is 9.84. The lowest BCUT2D eigenvalue weighted by Gasteiger charge is -2.11. The molecular weight excluding hydrogens is 379 g/mol. The van der Waals surface area contributed by atoms with E-state index in [9.17, 15) is 9.18 Å². The molecule has 3 aromatic carbocycles. The molecule has 1 aromatic heterocycles. The lowest BCUT2D eigenvalue weighted by molar-refractivity contribution is 0.102. The summed E-state index contributed by atoms with van der Waals surface area (Å²) in [5, 5.41) is 3.59. The number of fused-ring (bicyclic) bond motifs is 1. The van der Waals surface area contributed by atoms with E-state index in [2.05, 4.69) is 12.2 Å². The molecule has 1 heterocycles. The van der Waals surface area contributed by atoms with Crippen LogP contribution < -0.4 is 10.1 Å². The van der Waals surface area contributed by atoms with E-state index in [4.69, 9.17) is 9.72 Å². The van der Waals surface area contributed by atoms with Gasteiger partial charge in [0.25, 0.3) is 5.91 Å². The number of carbonyl (C=O) groups excluding carboxylic acids is 1. The molecule has 0 radical (unpaired) electrons. The zero-order valence-electron chi connectivity index (χ0n) is 16.6. The van der Waals surface area contributed by atoms with E-state index >= 15 is 0 Å². The molecule has 5 heteroatoms. The summed E-state index contributed by atoms with van der Waals surface area (Å²) in [6.07, 6.45) is 0.945. The van der Waals surface area contributed by atoms with Crippen molar-refractivity contribution in [3.8, 4) is 17.0 Å². The monoisotopic (exact) mass is 400 g/mol. The first-order chi connectivity index (χ1) is 14.6. The number of nitrogens with one attached hydrogen (secondary N) is 1. The molecule has 0 unspecified atom stereocenters. The molecule has 0 saturated carbocycles. The Labute approximate surface area is 174 Å². The number of nitrogens with zero attached hydrogens (tertiary/aromatic N) is 1. The highest BCUT2D eigenvalue weighted by atomic mass is 19.1. The van der Waals surface area contributed by atoms with Crippen molar-refractivity contribution in [2.24, 2.45) is 0 Å². The lowest BCUT2D eigenvalue weighted by atomic mass is 10.0. The van der Waals surface area contributed by atoms with Crippen LogP contribution in [-0.4, -0.2) is 17.5 Å². The Morgan fingerprint density at radius 3 is 2.47 bits per heavy atom. The van der Waals surface area contributed by atoms with E-state index in [1.165, 1.54) is 24.3 Å². The number of hydrogen-bond donors (Lipinski definition) is 1. The predicted octanol–water partition coefficient (Wildman–Crippen LogP) is 6.08. The quantitative estimate of drug-likeness (QED) is 0.427.